The molecule has 0 aliphatic rings. The van der Waals surface area contributed by atoms with E-state index in [9.17, 15) is 0 Å². The first-order valence-corrected chi connectivity index (χ1v) is 5.63. The summed E-state index contributed by atoms with van der Waals surface area (Å²) < 4.78 is 5.66. The molecule has 4 nitrogen and oxygen atoms in total. The highest BCUT2D eigenvalue weighted by atomic mass is 16.5. The zero-order valence-electron chi connectivity index (χ0n) is 10.2. The zero-order chi connectivity index (χ0) is 12.3. The molecule has 0 bridgehead atoms. The Balaban J connectivity index is 2.04. The summed E-state index contributed by atoms with van der Waals surface area (Å²) in [5.41, 5.74) is 9.82. The maximum Gasteiger partial charge on any atom is 0.132 e. The monoisotopic (exact) mass is 231 g/mol. The third-order valence-electron chi connectivity index (χ3n) is 2.76. The number of H-pyrrole nitrogens is 1. The van der Waals surface area contributed by atoms with Crippen LogP contribution in [0, 0.1) is 13.8 Å². The van der Waals surface area contributed by atoms with Gasteiger partial charge < -0.3 is 10.5 Å². The van der Waals surface area contributed by atoms with E-state index in [0.29, 0.717) is 13.2 Å². The van der Waals surface area contributed by atoms with Crippen LogP contribution >= 0.6 is 0 Å². The highest BCUT2D eigenvalue weighted by molar-refractivity contribution is 5.28. The molecule has 1 aromatic carbocycles. The van der Waals surface area contributed by atoms with Crippen LogP contribution in [-0.4, -0.2) is 10.2 Å². The van der Waals surface area contributed by atoms with Crippen LogP contribution in [0.2, 0.25) is 0 Å². The first-order chi connectivity index (χ1) is 8.20. The van der Waals surface area contributed by atoms with E-state index in [1.54, 1.807) is 0 Å². The molecular formula is C13H17N3O. The number of nitrogens with zero attached hydrogens (tertiary/aromatic N) is 1. The number of benzene rings is 1. The zero-order valence-corrected chi connectivity index (χ0v) is 10.2. The third kappa shape index (κ3) is 2.65. The molecule has 0 aliphatic heterocycles. The highest BCUT2D eigenvalue weighted by Crippen LogP contribution is 2.15. The Morgan fingerprint density at radius 3 is 2.59 bits per heavy atom. The molecule has 0 saturated heterocycles. The molecule has 0 unspecified atom stereocenters. The van der Waals surface area contributed by atoms with Crippen molar-refractivity contribution in [1.82, 2.24) is 10.2 Å². The summed E-state index contributed by atoms with van der Waals surface area (Å²) >= 11 is 0. The lowest BCUT2D eigenvalue weighted by Crippen LogP contribution is -2.04. The Kier molecular flexibility index (Phi) is 3.44. The van der Waals surface area contributed by atoms with Gasteiger partial charge in [-0.15, -0.1) is 0 Å². The van der Waals surface area contributed by atoms with E-state index < -0.39 is 0 Å². The Bertz CT molecular complexity index is 488. The number of aryl methyl sites for hydroxylation is 2. The van der Waals surface area contributed by atoms with E-state index in [-0.39, 0.29) is 0 Å². The highest BCUT2D eigenvalue weighted by Gasteiger charge is 2.08. The number of aromatic nitrogens is 2. The van der Waals surface area contributed by atoms with Gasteiger partial charge in [-0.2, -0.15) is 5.10 Å². The second-order valence-electron chi connectivity index (χ2n) is 4.08. The fraction of sp³-hybridized carbons (Fsp3) is 0.308. The Labute approximate surface area is 101 Å². The van der Waals surface area contributed by atoms with Crippen LogP contribution in [0.5, 0.6) is 5.75 Å². The van der Waals surface area contributed by atoms with E-state index in [1.807, 2.05) is 38.1 Å². The average molecular weight is 231 g/mol. The minimum Gasteiger partial charge on any atom is -0.487 e. The van der Waals surface area contributed by atoms with Gasteiger partial charge in [0.15, 0.2) is 0 Å². The minimum absolute atomic E-state index is 0.444. The molecule has 0 radical (unpaired) electrons. The fourth-order valence-corrected chi connectivity index (χ4v) is 1.68. The van der Waals surface area contributed by atoms with Crippen molar-refractivity contribution in [2.75, 3.05) is 0 Å². The molecule has 90 valence electrons. The molecule has 0 fully saturated rings. The van der Waals surface area contributed by atoms with Gasteiger partial charge in [0.05, 0.1) is 0 Å². The first-order valence-electron chi connectivity index (χ1n) is 5.63. The Morgan fingerprint density at radius 2 is 1.94 bits per heavy atom. The maximum absolute atomic E-state index is 5.67. The molecular weight excluding hydrogens is 214 g/mol. The van der Waals surface area contributed by atoms with Crippen LogP contribution < -0.4 is 10.5 Å². The number of nitrogens with one attached hydrogen (secondary N) is 1. The fourth-order valence-electron chi connectivity index (χ4n) is 1.68. The van der Waals surface area contributed by atoms with Gasteiger partial charge in [0, 0.05) is 17.8 Å². The summed E-state index contributed by atoms with van der Waals surface area (Å²) in [6.45, 7) is 4.94. The molecule has 0 saturated carbocycles. The lowest BCUT2D eigenvalue weighted by Gasteiger charge is -2.05. The van der Waals surface area contributed by atoms with Crippen molar-refractivity contribution in [3.05, 3.63) is 46.8 Å². The van der Waals surface area contributed by atoms with Crippen LogP contribution in [0.3, 0.4) is 0 Å². The first kappa shape index (κ1) is 11.7. The van der Waals surface area contributed by atoms with Gasteiger partial charge in [-0.25, -0.2) is 0 Å². The summed E-state index contributed by atoms with van der Waals surface area (Å²) in [4.78, 5) is 0. The molecule has 2 rings (SSSR count). The lowest BCUT2D eigenvalue weighted by molar-refractivity contribution is 0.300. The maximum atomic E-state index is 5.67. The number of aromatic amines is 1. The second kappa shape index (κ2) is 5.01. The molecule has 17 heavy (non-hydrogen) atoms. The van der Waals surface area contributed by atoms with Crippen molar-refractivity contribution in [3.63, 3.8) is 0 Å². The molecule has 0 atom stereocenters. The second-order valence-corrected chi connectivity index (χ2v) is 4.08. The smallest absolute Gasteiger partial charge is 0.132 e. The Morgan fingerprint density at radius 1 is 1.24 bits per heavy atom. The Hall–Kier alpha value is -1.81. The van der Waals surface area contributed by atoms with Crippen LogP contribution in [0.4, 0.5) is 0 Å². The molecule has 0 spiro atoms. The number of ether oxygens (including phenoxy) is 1. The largest absolute Gasteiger partial charge is 0.487 e. The SMILES string of the molecule is Cc1ccc(OCc2n[nH]c(C)c2CN)cc1. The van der Waals surface area contributed by atoms with Crippen molar-refractivity contribution in [2.45, 2.75) is 27.0 Å². The number of nitrogens with two attached hydrogens (primary N) is 1. The van der Waals surface area contributed by atoms with Crippen LogP contribution in [-0.2, 0) is 13.2 Å². The van der Waals surface area contributed by atoms with E-state index >= 15 is 0 Å². The minimum atomic E-state index is 0.444. The van der Waals surface area contributed by atoms with Gasteiger partial charge in [0.1, 0.15) is 18.1 Å². The van der Waals surface area contributed by atoms with Gasteiger partial charge in [-0.1, -0.05) is 17.7 Å². The molecule has 1 aromatic heterocycles. The summed E-state index contributed by atoms with van der Waals surface area (Å²) in [6, 6.07) is 7.96. The molecule has 2 aromatic rings. The number of hydrogen-bond donors (Lipinski definition) is 2. The predicted molar refractivity (Wildman–Crippen MR) is 66.7 cm³/mol. The molecule has 1 heterocycles. The van der Waals surface area contributed by atoms with Crippen LogP contribution in [0.25, 0.3) is 0 Å². The summed E-state index contributed by atoms with van der Waals surface area (Å²) in [7, 11) is 0. The van der Waals surface area contributed by atoms with Crippen LogP contribution in [0.15, 0.2) is 24.3 Å². The lowest BCUT2D eigenvalue weighted by atomic mass is 10.2. The van der Waals surface area contributed by atoms with E-state index in [2.05, 4.69) is 10.2 Å². The van der Waals surface area contributed by atoms with Gasteiger partial charge in [-0.05, 0) is 26.0 Å². The van der Waals surface area contributed by atoms with E-state index in [1.165, 1.54) is 5.56 Å². The molecule has 3 N–H and O–H groups in total. The quantitative estimate of drug-likeness (QED) is 0.846. The van der Waals surface area contributed by atoms with Gasteiger partial charge in [-0.3, -0.25) is 5.10 Å². The van der Waals surface area contributed by atoms with Crippen molar-refractivity contribution < 1.29 is 4.74 Å². The van der Waals surface area contributed by atoms with E-state index in [4.69, 9.17) is 10.5 Å². The normalized spacial score (nSPS) is 10.5. The van der Waals surface area contributed by atoms with Crippen molar-refractivity contribution in [2.24, 2.45) is 5.73 Å². The standard InChI is InChI=1S/C13H17N3O/c1-9-3-5-11(6-4-9)17-8-13-12(7-14)10(2)15-16-13/h3-6H,7-8,14H2,1-2H3,(H,15,16). The van der Waals surface area contributed by atoms with Crippen molar-refractivity contribution in [1.29, 1.82) is 0 Å². The molecule has 0 amide bonds. The van der Waals surface area contributed by atoms with Crippen molar-refractivity contribution >= 4 is 0 Å². The number of rotatable bonds is 4. The third-order valence-corrected chi connectivity index (χ3v) is 2.76. The number of hydrogen-bond acceptors (Lipinski definition) is 3. The topological polar surface area (TPSA) is 63.9 Å². The van der Waals surface area contributed by atoms with Gasteiger partial charge in [0.25, 0.3) is 0 Å². The predicted octanol–water partition coefficient (Wildman–Crippen LogP) is 2.06. The average Bonchev–Trinajstić information content (AvgIpc) is 2.69. The summed E-state index contributed by atoms with van der Waals surface area (Å²) in [5, 5.41) is 7.11. The van der Waals surface area contributed by atoms with Gasteiger partial charge in [0.2, 0.25) is 0 Å². The van der Waals surface area contributed by atoms with E-state index in [0.717, 1.165) is 22.7 Å². The summed E-state index contributed by atoms with van der Waals surface area (Å²) in [5.74, 6) is 0.847. The molecule has 0 aliphatic carbocycles. The van der Waals surface area contributed by atoms with Gasteiger partial charge >= 0.3 is 0 Å². The van der Waals surface area contributed by atoms with Crippen molar-refractivity contribution in [3.8, 4) is 5.75 Å². The molecule has 4 heteroatoms. The van der Waals surface area contributed by atoms with Crippen LogP contribution in [0.1, 0.15) is 22.5 Å². The summed E-state index contributed by atoms with van der Waals surface area (Å²) in [6.07, 6.45) is 0.